The Labute approximate surface area is 98.0 Å². The van der Waals surface area contributed by atoms with Crippen molar-refractivity contribution in [1.29, 1.82) is 0 Å². The summed E-state index contributed by atoms with van der Waals surface area (Å²) in [6.45, 7) is 0. The normalized spacial score (nSPS) is 10.9. The summed E-state index contributed by atoms with van der Waals surface area (Å²) >= 11 is 14.8. The molecule has 0 saturated carbocycles. The maximum atomic E-state index is 13.0. The molecule has 0 aliphatic heterocycles. The van der Waals surface area contributed by atoms with Gasteiger partial charge in [-0.15, -0.1) is 0 Å². The van der Waals surface area contributed by atoms with Crippen LogP contribution in [0.15, 0.2) is 22.7 Å². The van der Waals surface area contributed by atoms with Gasteiger partial charge in [0.05, 0.1) is 0 Å². The Morgan fingerprint density at radius 2 is 1.93 bits per heavy atom. The van der Waals surface area contributed by atoms with E-state index in [0.717, 1.165) is 0 Å². The van der Waals surface area contributed by atoms with Crippen LogP contribution in [0.5, 0.6) is 0 Å². The molecule has 14 heavy (non-hydrogen) atoms. The smallest absolute Gasteiger partial charge is 0.139 e. The van der Waals surface area contributed by atoms with Gasteiger partial charge in [0.2, 0.25) is 0 Å². The highest BCUT2D eigenvalue weighted by Crippen LogP contribution is 2.31. The third-order valence-electron chi connectivity index (χ3n) is 1.77. The largest absolute Gasteiger partial charge is 0.224 e. The van der Waals surface area contributed by atoms with Gasteiger partial charge in [0.25, 0.3) is 0 Å². The fourth-order valence-electron chi connectivity index (χ4n) is 1.24. The summed E-state index contributed by atoms with van der Waals surface area (Å²) in [7, 11) is 0. The number of rotatable bonds is 0. The van der Waals surface area contributed by atoms with Crippen LogP contribution in [0.4, 0.5) is 4.39 Å². The van der Waals surface area contributed by atoms with Gasteiger partial charge < -0.3 is 0 Å². The van der Waals surface area contributed by atoms with Gasteiger partial charge in [0, 0.05) is 9.86 Å². The third kappa shape index (κ3) is 1.72. The van der Waals surface area contributed by atoms with Crippen LogP contribution in [-0.2, 0) is 0 Å². The Morgan fingerprint density at radius 1 is 1.21 bits per heavy atom. The van der Waals surface area contributed by atoms with E-state index in [1.165, 1.54) is 12.1 Å². The molecule has 2 aromatic rings. The number of pyridine rings is 1. The SMILES string of the molecule is Fc1cc(Br)c2c(Cl)nc(Cl)cc2c1. The predicted molar refractivity (Wildman–Crippen MR) is 59.4 cm³/mol. The first-order valence-corrected chi connectivity index (χ1v) is 5.23. The van der Waals surface area contributed by atoms with Crippen molar-refractivity contribution in [3.8, 4) is 0 Å². The zero-order valence-corrected chi connectivity index (χ0v) is 9.79. The van der Waals surface area contributed by atoms with Gasteiger partial charge in [-0.05, 0) is 39.5 Å². The second-order valence-corrected chi connectivity index (χ2v) is 4.32. The minimum Gasteiger partial charge on any atom is -0.224 e. The Hall–Kier alpha value is -0.380. The molecule has 0 fully saturated rings. The van der Waals surface area contributed by atoms with Crippen molar-refractivity contribution in [2.45, 2.75) is 0 Å². The van der Waals surface area contributed by atoms with Crippen LogP contribution in [0, 0.1) is 5.82 Å². The van der Waals surface area contributed by atoms with Crippen molar-refractivity contribution in [3.05, 3.63) is 38.8 Å². The van der Waals surface area contributed by atoms with Crippen molar-refractivity contribution >= 4 is 49.9 Å². The minimum absolute atomic E-state index is 0.250. The molecule has 1 aromatic heterocycles. The van der Waals surface area contributed by atoms with E-state index in [1.807, 2.05) is 0 Å². The maximum Gasteiger partial charge on any atom is 0.139 e. The zero-order chi connectivity index (χ0) is 10.3. The van der Waals surface area contributed by atoms with Crippen molar-refractivity contribution in [3.63, 3.8) is 0 Å². The lowest BCUT2D eigenvalue weighted by Crippen LogP contribution is -1.84. The molecule has 1 nitrogen and oxygen atoms in total. The molecule has 1 heterocycles. The van der Waals surface area contributed by atoms with Gasteiger partial charge in [0.1, 0.15) is 16.1 Å². The lowest BCUT2D eigenvalue weighted by Gasteiger charge is -2.03. The third-order valence-corrected chi connectivity index (χ3v) is 2.86. The highest BCUT2D eigenvalue weighted by Gasteiger charge is 2.08. The topological polar surface area (TPSA) is 12.9 Å². The lowest BCUT2D eigenvalue weighted by atomic mass is 10.2. The number of nitrogens with zero attached hydrogens (tertiary/aromatic N) is 1. The van der Waals surface area contributed by atoms with Gasteiger partial charge in [-0.3, -0.25) is 0 Å². The molecule has 72 valence electrons. The first-order chi connectivity index (χ1) is 6.58. The van der Waals surface area contributed by atoms with Crippen LogP contribution >= 0.6 is 39.1 Å². The standard InChI is InChI=1S/C9H3BrCl2FN/c10-6-3-5(13)1-4-2-7(11)14-9(12)8(4)6/h1-3H. The molecule has 0 atom stereocenters. The molecule has 2 rings (SSSR count). The summed E-state index contributed by atoms with van der Waals surface area (Å²) in [5, 5.41) is 1.80. The van der Waals surface area contributed by atoms with E-state index in [9.17, 15) is 4.39 Å². The molecular weight excluding hydrogens is 292 g/mol. The summed E-state index contributed by atoms with van der Waals surface area (Å²) < 4.78 is 13.6. The predicted octanol–water partition coefficient (Wildman–Crippen LogP) is 4.44. The van der Waals surface area contributed by atoms with Gasteiger partial charge in [-0.25, -0.2) is 9.37 Å². The number of hydrogen-bond donors (Lipinski definition) is 0. The zero-order valence-electron chi connectivity index (χ0n) is 6.69. The van der Waals surface area contributed by atoms with Crippen LogP contribution in [0.25, 0.3) is 10.8 Å². The molecule has 5 heteroatoms. The molecule has 0 aliphatic carbocycles. The summed E-state index contributed by atoms with van der Waals surface area (Å²) in [6, 6.07) is 4.26. The molecule has 1 aromatic carbocycles. The fraction of sp³-hybridized carbons (Fsp3) is 0. The second-order valence-electron chi connectivity index (χ2n) is 2.72. The average Bonchev–Trinajstić information content (AvgIpc) is 1.99. The van der Waals surface area contributed by atoms with Crippen LogP contribution < -0.4 is 0 Å². The highest BCUT2D eigenvalue weighted by molar-refractivity contribution is 9.10. The Balaban J connectivity index is 2.94. The van der Waals surface area contributed by atoms with Crippen molar-refractivity contribution < 1.29 is 4.39 Å². The average molecular weight is 295 g/mol. The summed E-state index contributed by atoms with van der Waals surface area (Å²) in [6.07, 6.45) is 0. The number of fused-ring (bicyclic) bond motifs is 1. The molecule has 0 N–H and O–H groups in total. The molecule has 0 aliphatic rings. The number of hydrogen-bond acceptors (Lipinski definition) is 1. The summed E-state index contributed by atoms with van der Waals surface area (Å²) in [4.78, 5) is 3.87. The molecule has 0 saturated heterocycles. The van der Waals surface area contributed by atoms with E-state index in [1.54, 1.807) is 6.07 Å². The van der Waals surface area contributed by atoms with Gasteiger partial charge in [-0.1, -0.05) is 23.2 Å². The van der Waals surface area contributed by atoms with Crippen molar-refractivity contribution in [2.75, 3.05) is 0 Å². The van der Waals surface area contributed by atoms with E-state index < -0.39 is 0 Å². The van der Waals surface area contributed by atoms with Crippen molar-refractivity contribution in [2.24, 2.45) is 0 Å². The molecule has 0 bridgehead atoms. The van der Waals surface area contributed by atoms with E-state index in [-0.39, 0.29) is 16.1 Å². The second kappa shape index (κ2) is 3.65. The first-order valence-electron chi connectivity index (χ1n) is 3.69. The van der Waals surface area contributed by atoms with Crippen LogP contribution in [-0.4, -0.2) is 4.98 Å². The maximum absolute atomic E-state index is 13.0. The van der Waals surface area contributed by atoms with Crippen LogP contribution in [0.2, 0.25) is 10.3 Å². The van der Waals surface area contributed by atoms with E-state index in [4.69, 9.17) is 23.2 Å². The first kappa shape index (κ1) is 10.1. The van der Waals surface area contributed by atoms with E-state index in [2.05, 4.69) is 20.9 Å². The van der Waals surface area contributed by atoms with Gasteiger partial charge in [-0.2, -0.15) is 0 Å². The van der Waals surface area contributed by atoms with E-state index in [0.29, 0.717) is 15.2 Å². The molecular formula is C9H3BrCl2FN. The van der Waals surface area contributed by atoms with Gasteiger partial charge in [0.15, 0.2) is 0 Å². The Morgan fingerprint density at radius 3 is 2.64 bits per heavy atom. The number of halogens is 4. The van der Waals surface area contributed by atoms with E-state index >= 15 is 0 Å². The van der Waals surface area contributed by atoms with Crippen molar-refractivity contribution in [1.82, 2.24) is 4.98 Å². The molecule has 0 spiro atoms. The number of aromatic nitrogens is 1. The summed E-state index contributed by atoms with van der Waals surface area (Å²) in [5.41, 5.74) is 0. The monoisotopic (exact) mass is 293 g/mol. The minimum atomic E-state index is -0.345. The van der Waals surface area contributed by atoms with Gasteiger partial charge >= 0.3 is 0 Å². The lowest BCUT2D eigenvalue weighted by molar-refractivity contribution is 0.629. The number of benzene rings is 1. The quantitative estimate of drug-likeness (QED) is 0.655. The summed E-state index contributed by atoms with van der Waals surface area (Å²) in [5.74, 6) is -0.345. The Bertz CT molecular complexity index is 473. The highest BCUT2D eigenvalue weighted by atomic mass is 79.9. The molecule has 0 amide bonds. The fourth-order valence-corrected chi connectivity index (χ4v) is 2.53. The molecule has 0 radical (unpaired) electrons. The van der Waals surface area contributed by atoms with Crippen LogP contribution in [0.1, 0.15) is 0 Å². The molecule has 0 unspecified atom stereocenters. The van der Waals surface area contributed by atoms with Crippen LogP contribution in [0.3, 0.4) is 0 Å². The Kier molecular flexibility index (Phi) is 2.64.